The molecule has 0 spiro atoms. The summed E-state index contributed by atoms with van der Waals surface area (Å²) in [6, 6.07) is 22.7. The molecule has 0 saturated carbocycles. The van der Waals surface area contributed by atoms with Gasteiger partial charge in [-0.1, -0.05) is 36.4 Å². The van der Waals surface area contributed by atoms with E-state index in [1.165, 1.54) is 0 Å². The number of aromatic nitrogens is 2. The summed E-state index contributed by atoms with van der Waals surface area (Å²) in [7, 11) is 0. The van der Waals surface area contributed by atoms with E-state index in [1.54, 1.807) is 24.5 Å². The van der Waals surface area contributed by atoms with E-state index < -0.39 is 0 Å². The van der Waals surface area contributed by atoms with Crippen molar-refractivity contribution in [1.29, 1.82) is 0 Å². The molecule has 0 saturated heterocycles. The average molecular weight is 384 g/mol. The minimum atomic E-state index is -0.172. The van der Waals surface area contributed by atoms with Gasteiger partial charge in [-0.2, -0.15) is 0 Å². The van der Waals surface area contributed by atoms with E-state index in [-0.39, 0.29) is 5.91 Å². The van der Waals surface area contributed by atoms with Gasteiger partial charge in [0.1, 0.15) is 17.4 Å². The molecule has 0 aliphatic heterocycles. The zero-order valence-corrected chi connectivity index (χ0v) is 15.9. The van der Waals surface area contributed by atoms with Crippen LogP contribution in [-0.2, 0) is 6.54 Å². The van der Waals surface area contributed by atoms with Crippen LogP contribution < -0.4 is 10.6 Å². The van der Waals surface area contributed by atoms with Crippen LogP contribution in [0.1, 0.15) is 21.9 Å². The molecular weight excluding hydrogens is 364 g/mol. The van der Waals surface area contributed by atoms with Gasteiger partial charge < -0.3 is 15.1 Å². The first kappa shape index (κ1) is 18.4. The maximum absolute atomic E-state index is 12.4. The number of amides is 1. The number of aryl methyl sites for hydroxylation is 1. The van der Waals surface area contributed by atoms with Crippen LogP contribution in [0.2, 0.25) is 0 Å². The van der Waals surface area contributed by atoms with E-state index in [9.17, 15) is 4.79 Å². The molecule has 144 valence electrons. The Morgan fingerprint density at radius 2 is 1.83 bits per heavy atom. The van der Waals surface area contributed by atoms with Crippen LogP contribution in [0.15, 0.2) is 83.5 Å². The van der Waals surface area contributed by atoms with Gasteiger partial charge in [0.05, 0.1) is 18.5 Å². The van der Waals surface area contributed by atoms with E-state index in [2.05, 4.69) is 20.6 Å². The van der Waals surface area contributed by atoms with Gasteiger partial charge in [-0.05, 0) is 37.3 Å². The minimum Gasteiger partial charge on any atom is -0.467 e. The number of carbonyl (C=O) groups is 1. The number of hydrogen-bond acceptors (Lipinski definition) is 5. The third-order valence-electron chi connectivity index (χ3n) is 4.31. The molecule has 4 aromatic rings. The maximum Gasteiger partial charge on any atom is 0.251 e. The van der Waals surface area contributed by atoms with E-state index >= 15 is 0 Å². The highest BCUT2D eigenvalue weighted by Gasteiger charge is 2.09. The molecule has 0 aliphatic rings. The molecule has 2 aromatic carbocycles. The van der Waals surface area contributed by atoms with Gasteiger partial charge in [0.15, 0.2) is 0 Å². The summed E-state index contributed by atoms with van der Waals surface area (Å²) in [5, 5.41) is 6.12. The number of benzene rings is 2. The van der Waals surface area contributed by atoms with Crippen molar-refractivity contribution >= 4 is 17.4 Å². The third kappa shape index (κ3) is 4.68. The average Bonchev–Trinajstić information content (AvgIpc) is 3.26. The van der Waals surface area contributed by atoms with Crippen molar-refractivity contribution in [2.45, 2.75) is 13.5 Å². The molecule has 1 amide bonds. The SMILES string of the molecule is Cc1nc(Nc2cccc(C(=O)NCc3ccco3)c2)cc(-c2ccccc2)n1. The number of anilines is 2. The summed E-state index contributed by atoms with van der Waals surface area (Å²) in [6.07, 6.45) is 1.58. The van der Waals surface area contributed by atoms with E-state index in [4.69, 9.17) is 4.42 Å². The highest BCUT2D eigenvalue weighted by atomic mass is 16.3. The highest BCUT2D eigenvalue weighted by Crippen LogP contribution is 2.22. The minimum absolute atomic E-state index is 0.172. The van der Waals surface area contributed by atoms with E-state index in [0.29, 0.717) is 29.5 Å². The molecular formula is C23H20N4O2. The fraction of sp³-hybridized carbons (Fsp3) is 0.0870. The van der Waals surface area contributed by atoms with Crippen LogP contribution >= 0.6 is 0 Å². The van der Waals surface area contributed by atoms with Crippen molar-refractivity contribution in [3.8, 4) is 11.3 Å². The third-order valence-corrected chi connectivity index (χ3v) is 4.31. The van der Waals surface area contributed by atoms with Crippen LogP contribution in [0.25, 0.3) is 11.3 Å². The molecule has 0 aliphatic carbocycles. The maximum atomic E-state index is 12.4. The smallest absolute Gasteiger partial charge is 0.251 e. The van der Waals surface area contributed by atoms with Crippen molar-refractivity contribution in [3.05, 3.63) is 96.2 Å². The molecule has 0 radical (unpaired) electrons. The monoisotopic (exact) mass is 384 g/mol. The summed E-state index contributed by atoms with van der Waals surface area (Å²) < 4.78 is 5.24. The lowest BCUT2D eigenvalue weighted by atomic mass is 10.1. The molecule has 0 fully saturated rings. The van der Waals surface area contributed by atoms with Gasteiger partial charge in [-0.15, -0.1) is 0 Å². The first-order chi connectivity index (χ1) is 14.2. The molecule has 2 N–H and O–H groups in total. The summed E-state index contributed by atoms with van der Waals surface area (Å²) in [6.45, 7) is 2.20. The number of nitrogens with one attached hydrogen (secondary N) is 2. The summed E-state index contributed by atoms with van der Waals surface area (Å²) in [5.74, 6) is 1.87. The van der Waals surface area contributed by atoms with Gasteiger partial charge in [-0.25, -0.2) is 9.97 Å². The Morgan fingerprint density at radius 3 is 2.62 bits per heavy atom. The van der Waals surface area contributed by atoms with Gasteiger partial charge in [-0.3, -0.25) is 4.79 Å². The molecule has 0 bridgehead atoms. The van der Waals surface area contributed by atoms with Crippen molar-refractivity contribution in [2.75, 3.05) is 5.32 Å². The Hall–Kier alpha value is -3.93. The second-order valence-corrected chi connectivity index (χ2v) is 6.52. The van der Waals surface area contributed by atoms with Crippen LogP contribution in [0.3, 0.4) is 0 Å². The van der Waals surface area contributed by atoms with Gasteiger partial charge in [0.2, 0.25) is 0 Å². The first-order valence-electron chi connectivity index (χ1n) is 9.26. The lowest BCUT2D eigenvalue weighted by molar-refractivity contribution is 0.0948. The molecule has 4 rings (SSSR count). The molecule has 29 heavy (non-hydrogen) atoms. The van der Waals surface area contributed by atoms with Crippen LogP contribution in [-0.4, -0.2) is 15.9 Å². The number of rotatable bonds is 6. The van der Waals surface area contributed by atoms with Crippen molar-refractivity contribution in [2.24, 2.45) is 0 Å². The molecule has 0 atom stereocenters. The van der Waals surface area contributed by atoms with E-state index in [1.807, 2.05) is 61.5 Å². The fourth-order valence-electron chi connectivity index (χ4n) is 2.96. The Kier molecular flexibility index (Phi) is 5.33. The zero-order chi connectivity index (χ0) is 20.1. The number of furan rings is 1. The Bertz CT molecular complexity index is 1110. The molecule has 2 heterocycles. The number of carbonyl (C=O) groups excluding carboxylic acids is 1. The lowest BCUT2D eigenvalue weighted by Crippen LogP contribution is -2.22. The lowest BCUT2D eigenvalue weighted by Gasteiger charge is -2.10. The standard InChI is InChI=1S/C23H20N4O2/c1-16-25-21(17-7-3-2-4-8-17)14-22(26-16)27-19-10-5-9-18(13-19)23(28)24-15-20-11-6-12-29-20/h2-14H,15H2,1H3,(H,24,28)(H,25,26,27). The summed E-state index contributed by atoms with van der Waals surface area (Å²) >= 11 is 0. The zero-order valence-electron chi connectivity index (χ0n) is 15.9. The van der Waals surface area contributed by atoms with E-state index in [0.717, 1.165) is 16.9 Å². The number of hydrogen-bond donors (Lipinski definition) is 2. The Morgan fingerprint density at radius 1 is 0.966 bits per heavy atom. The van der Waals surface area contributed by atoms with Crippen LogP contribution in [0.4, 0.5) is 11.5 Å². The normalized spacial score (nSPS) is 10.5. The predicted octanol–water partition coefficient (Wildman–Crippen LogP) is 4.72. The molecule has 6 heteroatoms. The van der Waals surface area contributed by atoms with Crippen LogP contribution in [0.5, 0.6) is 0 Å². The fourth-order valence-corrected chi connectivity index (χ4v) is 2.96. The number of nitrogens with zero attached hydrogens (tertiary/aromatic N) is 2. The molecule has 2 aromatic heterocycles. The summed E-state index contributed by atoms with van der Waals surface area (Å²) in [4.78, 5) is 21.4. The largest absolute Gasteiger partial charge is 0.467 e. The quantitative estimate of drug-likeness (QED) is 0.503. The topological polar surface area (TPSA) is 80.0 Å². The Balaban J connectivity index is 1.50. The van der Waals surface area contributed by atoms with Gasteiger partial charge in [0, 0.05) is 22.9 Å². The van der Waals surface area contributed by atoms with Crippen molar-refractivity contribution in [3.63, 3.8) is 0 Å². The van der Waals surface area contributed by atoms with Gasteiger partial charge in [0.25, 0.3) is 5.91 Å². The van der Waals surface area contributed by atoms with Crippen molar-refractivity contribution < 1.29 is 9.21 Å². The summed E-state index contributed by atoms with van der Waals surface area (Å²) in [5.41, 5.74) is 3.18. The second kappa shape index (κ2) is 8.39. The first-order valence-corrected chi connectivity index (χ1v) is 9.26. The van der Waals surface area contributed by atoms with Crippen molar-refractivity contribution in [1.82, 2.24) is 15.3 Å². The molecule has 0 unspecified atom stereocenters. The Labute approximate surface area is 168 Å². The second-order valence-electron chi connectivity index (χ2n) is 6.52. The highest BCUT2D eigenvalue weighted by molar-refractivity contribution is 5.95. The predicted molar refractivity (Wildman–Crippen MR) is 112 cm³/mol. The van der Waals surface area contributed by atoms with Crippen LogP contribution in [0, 0.1) is 6.92 Å². The van der Waals surface area contributed by atoms with Gasteiger partial charge >= 0.3 is 0 Å². The molecule has 6 nitrogen and oxygen atoms in total.